The van der Waals surface area contributed by atoms with Crippen LogP contribution in [0.15, 0.2) is 48.7 Å². The number of halogens is 2. The number of rotatable bonds is 9. The molecule has 3 N–H and O–H groups in total. The zero-order valence-electron chi connectivity index (χ0n) is 22.2. The quantitative estimate of drug-likeness (QED) is 0.277. The predicted octanol–water partition coefficient (Wildman–Crippen LogP) is 5.11. The van der Waals surface area contributed by atoms with Gasteiger partial charge in [0.15, 0.2) is 17.3 Å². The van der Waals surface area contributed by atoms with Crippen LogP contribution in [-0.4, -0.2) is 71.2 Å². The molecule has 0 atom stereocenters. The van der Waals surface area contributed by atoms with Crippen molar-refractivity contribution in [1.29, 1.82) is 0 Å². The van der Waals surface area contributed by atoms with Crippen LogP contribution in [-0.2, 0) is 6.54 Å². The molecule has 8 nitrogen and oxygen atoms in total. The van der Waals surface area contributed by atoms with Crippen molar-refractivity contribution < 1.29 is 13.6 Å². The summed E-state index contributed by atoms with van der Waals surface area (Å²) < 4.78 is 29.6. The van der Waals surface area contributed by atoms with Gasteiger partial charge in [0.05, 0.1) is 17.4 Å². The maximum Gasteiger partial charge on any atom is 0.276 e. The highest BCUT2D eigenvalue weighted by atomic mass is 19.2. The molecule has 2 aromatic heterocycles. The average Bonchev–Trinajstić information content (AvgIpc) is 3.35. The minimum absolute atomic E-state index is 0.158. The Bertz CT molecular complexity index is 1450. The van der Waals surface area contributed by atoms with Gasteiger partial charge in [0.1, 0.15) is 5.82 Å². The number of anilines is 2. The number of piperidine rings is 1. The molecule has 1 aliphatic heterocycles. The van der Waals surface area contributed by atoms with E-state index < -0.39 is 17.5 Å². The van der Waals surface area contributed by atoms with Gasteiger partial charge in [-0.2, -0.15) is 5.10 Å². The number of hydrogen-bond donors (Lipinski definition) is 3. The van der Waals surface area contributed by atoms with Gasteiger partial charge in [0.25, 0.3) is 5.91 Å². The van der Waals surface area contributed by atoms with E-state index >= 15 is 0 Å². The highest BCUT2D eigenvalue weighted by molar-refractivity contribution is 6.11. The summed E-state index contributed by atoms with van der Waals surface area (Å²) in [4.78, 5) is 21.8. The maximum absolute atomic E-state index is 15.0. The van der Waals surface area contributed by atoms with Gasteiger partial charge in [-0.05, 0) is 87.6 Å². The number of aromatic nitrogens is 3. The first-order chi connectivity index (χ1) is 18.9. The van der Waals surface area contributed by atoms with Gasteiger partial charge in [-0.15, -0.1) is 0 Å². The lowest BCUT2D eigenvalue weighted by Gasteiger charge is -2.26. The number of likely N-dealkylation sites (tertiary alicyclic amines) is 1. The number of benzene rings is 2. The maximum atomic E-state index is 15.0. The first-order valence-corrected chi connectivity index (χ1v) is 13.2. The molecule has 10 heteroatoms. The number of carbonyl (C=O) groups is 1. The van der Waals surface area contributed by atoms with E-state index in [0.717, 1.165) is 44.6 Å². The van der Waals surface area contributed by atoms with Crippen LogP contribution in [0.1, 0.15) is 35.3 Å². The molecule has 1 fully saturated rings. The van der Waals surface area contributed by atoms with Gasteiger partial charge < -0.3 is 15.5 Å². The van der Waals surface area contributed by atoms with Crippen LogP contribution in [0, 0.1) is 11.6 Å². The lowest BCUT2D eigenvalue weighted by molar-refractivity contribution is 0.102. The van der Waals surface area contributed by atoms with Gasteiger partial charge in [-0.25, -0.2) is 13.8 Å². The Kier molecular flexibility index (Phi) is 8.13. The fourth-order valence-electron chi connectivity index (χ4n) is 4.85. The third-order valence-corrected chi connectivity index (χ3v) is 6.92. The van der Waals surface area contributed by atoms with E-state index in [2.05, 4.69) is 35.6 Å². The number of pyridine rings is 1. The Morgan fingerprint density at radius 2 is 1.90 bits per heavy atom. The number of likely N-dealkylation sites (N-methyl/N-ethyl adjacent to an activating group) is 1. The van der Waals surface area contributed by atoms with E-state index in [1.54, 1.807) is 42.6 Å². The molecule has 0 radical (unpaired) electrons. The van der Waals surface area contributed by atoms with Gasteiger partial charge in [-0.3, -0.25) is 14.8 Å². The Morgan fingerprint density at radius 1 is 1.08 bits per heavy atom. The zero-order valence-corrected chi connectivity index (χ0v) is 22.2. The Balaban J connectivity index is 1.35. The van der Waals surface area contributed by atoms with Crippen LogP contribution in [0.4, 0.5) is 20.3 Å². The molecule has 39 heavy (non-hydrogen) atoms. The molecule has 1 aliphatic rings. The number of aromatic amines is 1. The number of hydrogen-bond acceptors (Lipinski definition) is 6. The summed E-state index contributed by atoms with van der Waals surface area (Å²) in [5.41, 5.74) is 2.66. The molecule has 3 heterocycles. The van der Waals surface area contributed by atoms with Crippen LogP contribution in [0.5, 0.6) is 0 Å². The minimum Gasteiger partial charge on any atom is -0.369 e. The van der Waals surface area contributed by atoms with Gasteiger partial charge in [0.2, 0.25) is 0 Å². The summed E-state index contributed by atoms with van der Waals surface area (Å²) in [5.74, 6) is -1.51. The van der Waals surface area contributed by atoms with E-state index in [-0.39, 0.29) is 11.3 Å². The molecule has 0 aliphatic carbocycles. The molecule has 0 spiro atoms. The van der Waals surface area contributed by atoms with Crippen molar-refractivity contribution in [2.45, 2.75) is 25.8 Å². The number of carbonyl (C=O) groups excluding carboxylic acids is 1. The molecular weight excluding hydrogens is 500 g/mol. The second-order valence-corrected chi connectivity index (χ2v) is 10.2. The molecule has 5 rings (SSSR count). The second-order valence-electron chi connectivity index (χ2n) is 10.2. The first kappa shape index (κ1) is 26.7. The van der Waals surface area contributed by atoms with Crippen molar-refractivity contribution in [2.24, 2.45) is 0 Å². The van der Waals surface area contributed by atoms with Crippen LogP contribution in [0.25, 0.3) is 22.0 Å². The van der Waals surface area contributed by atoms with E-state index in [1.165, 1.54) is 12.5 Å². The molecular formula is C29H33F2N7O. The lowest BCUT2D eigenvalue weighted by Crippen LogP contribution is -2.29. The van der Waals surface area contributed by atoms with Crippen molar-refractivity contribution >= 4 is 28.3 Å². The van der Waals surface area contributed by atoms with E-state index in [9.17, 15) is 13.6 Å². The fourth-order valence-corrected chi connectivity index (χ4v) is 4.85. The van der Waals surface area contributed by atoms with Crippen molar-refractivity contribution in [3.63, 3.8) is 0 Å². The molecule has 4 aromatic rings. The summed E-state index contributed by atoms with van der Waals surface area (Å²) in [7, 11) is 4.00. The third-order valence-electron chi connectivity index (χ3n) is 6.92. The predicted molar refractivity (Wildman–Crippen MR) is 150 cm³/mol. The number of nitrogens with zero attached hydrogens (tertiary/aromatic N) is 4. The molecule has 2 aromatic carbocycles. The smallest absolute Gasteiger partial charge is 0.276 e. The largest absolute Gasteiger partial charge is 0.369 e. The monoisotopic (exact) mass is 533 g/mol. The Hall–Kier alpha value is -3.89. The molecule has 1 amide bonds. The van der Waals surface area contributed by atoms with Crippen molar-refractivity contribution in [3.8, 4) is 11.1 Å². The lowest BCUT2D eigenvalue weighted by atomic mass is 9.99. The standard InChI is InChI=1S/C29H33F2N7O/c1-37(2)13-10-32-26-9-7-21(17-33-26)34-29(39)28-23-16-20(6-8-25(23)35-36-28)22-14-19(15-24(30)27(22)31)18-38-11-4-3-5-12-38/h6-9,14-17H,3-5,10-13,18H2,1-2H3,(H,32,33)(H,34,39)(H,35,36). The zero-order chi connectivity index (χ0) is 27.4. The molecule has 0 bridgehead atoms. The molecule has 204 valence electrons. The SMILES string of the molecule is CN(C)CCNc1ccc(NC(=O)c2n[nH]c3ccc(-c4cc(CN5CCCCC5)cc(F)c4F)cc23)cn1. The first-order valence-electron chi connectivity index (χ1n) is 13.2. The van der Waals surface area contributed by atoms with Crippen molar-refractivity contribution in [2.75, 3.05) is 50.9 Å². The summed E-state index contributed by atoms with van der Waals surface area (Å²) in [6.45, 7) is 4.11. The van der Waals surface area contributed by atoms with E-state index in [0.29, 0.717) is 34.5 Å². The summed E-state index contributed by atoms with van der Waals surface area (Å²) >= 11 is 0. The van der Waals surface area contributed by atoms with Gasteiger partial charge in [0, 0.05) is 30.6 Å². The molecule has 1 saturated heterocycles. The number of amides is 1. The number of H-pyrrole nitrogens is 1. The highest BCUT2D eigenvalue weighted by Crippen LogP contribution is 2.30. The average molecular weight is 534 g/mol. The Morgan fingerprint density at radius 3 is 2.64 bits per heavy atom. The summed E-state index contributed by atoms with van der Waals surface area (Å²) in [5, 5.41) is 13.6. The van der Waals surface area contributed by atoms with Crippen molar-refractivity contribution in [3.05, 3.63) is 71.6 Å². The molecule has 0 unspecified atom stereocenters. The number of fused-ring (bicyclic) bond motifs is 1. The summed E-state index contributed by atoms with van der Waals surface area (Å²) in [6, 6.07) is 11.6. The van der Waals surface area contributed by atoms with Crippen LogP contribution in [0.2, 0.25) is 0 Å². The van der Waals surface area contributed by atoms with E-state index in [4.69, 9.17) is 0 Å². The van der Waals surface area contributed by atoms with Crippen LogP contribution >= 0.6 is 0 Å². The van der Waals surface area contributed by atoms with Gasteiger partial charge in [-0.1, -0.05) is 12.5 Å². The third kappa shape index (κ3) is 6.40. The summed E-state index contributed by atoms with van der Waals surface area (Å²) in [6.07, 6.45) is 5.01. The van der Waals surface area contributed by atoms with Crippen molar-refractivity contribution in [1.82, 2.24) is 25.0 Å². The van der Waals surface area contributed by atoms with E-state index in [1.807, 2.05) is 14.1 Å². The van der Waals surface area contributed by atoms with Crippen LogP contribution < -0.4 is 10.6 Å². The Labute approximate surface area is 226 Å². The molecule has 0 saturated carbocycles. The van der Waals surface area contributed by atoms with Gasteiger partial charge >= 0.3 is 0 Å². The topological polar surface area (TPSA) is 89.2 Å². The minimum atomic E-state index is -0.906. The van der Waals surface area contributed by atoms with Crippen LogP contribution in [0.3, 0.4) is 0 Å². The normalized spacial score (nSPS) is 14.2. The number of nitrogens with one attached hydrogen (secondary N) is 3. The second kappa shape index (κ2) is 11.9. The fraction of sp³-hybridized carbons (Fsp3) is 0.345. The highest BCUT2D eigenvalue weighted by Gasteiger charge is 2.19.